The normalized spacial score (nSPS) is 14.1. The first-order chi connectivity index (χ1) is 7.27. The maximum atomic E-state index is 11.6. The van der Waals surface area contributed by atoms with E-state index in [0.717, 1.165) is 5.52 Å². The number of hydrogen-bond donors (Lipinski definition) is 1. The summed E-state index contributed by atoms with van der Waals surface area (Å²) in [4.78, 5) is 11.6. The summed E-state index contributed by atoms with van der Waals surface area (Å²) in [5.74, 6) is -0.110. The predicted octanol–water partition coefficient (Wildman–Crippen LogP) is 1.52. The Labute approximate surface area is 85.9 Å². The Hall–Kier alpha value is -2.16. The minimum absolute atomic E-state index is 0.0387. The summed E-state index contributed by atoms with van der Waals surface area (Å²) in [6.45, 7) is 0. The van der Waals surface area contributed by atoms with Crippen molar-refractivity contribution in [2.45, 2.75) is 0 Å². The minimum Gasteiger partial charge on any atom is -0.507 e. The summed E-state index contributed by atoms with van der Waals surface area (Å²) in [6.07, 6.45) is 4.97. The number of aliphatic hydroxyl groups is 1. The molecule has 2 aromatic heterocycles. The third-order valence-electron chi connectivity index (χ3n) is 2.60. The molecule has 72 valence electrons. The lowest BCUT2D eigenvalue weighted by atomic mass is 9.98. The minimum atomic E-state index is -0.149. The van der Waals surface area contributed by atoms with E-state index >= 15 is 0 Å². The number of pyridine rings is 2. The lowest BCUT2D eigenvalue weighted by Crippen LogP contribution is -2.26. The number of hydrogen-bond acceptors (Lipinski definition) is 2. The van der Waals surface area contributed by atoms with E-state index < -0.39 is 0 Å². The highest BCUT2D eigenvalue weighted by Gasteiger charge is 2.24. The Morgan fingerprint density at radius 1 is 1.07 bits per heavy atom. The highest BCUT2D eigenvalue weighted by Crippen LogP contribution is 2.24. The van der Waals surface area contributed by atoms with Crippen molar-refractivity contribution >= 4 is 17.1 Å². The molecule has 0 radical (unpaired) electrons. The van der Waals surface area contributed by atoms with Gasteiger partial charge in [-0.15, -0.1) is 0 Å². The quantitative estimate of drug-likeness (QED) is 0.652. The number of allylic oxidation sites excluding steroid dienone is 1. The first kappa shape index (κ1) is 8.17. The maximum Gasteiger partial charge on any atom is 0.232 e. The number of ketones is 1. The fourth-order valence-corrected chi connectivity index (χ4v) is 1.93. The molecule has 0 amide bonds. The van der Waals surface area contributed by atoms with Gasteiger partial charge in [0.15, 0.2) is 18.2 Å². The van der Waals surface area contributed by atoms with E-state index in [9.17, 15) is 9.90 Å². The highest BCUT2D eigenvalue weighted by atomic mass is 16.3. The highest BCUT2D eigenvalue weighted by molar-refractivity contribution is 6.15. The Morgan fingerprint density at radius 3 is 2.47 bits per heavy atom. The monoisotopic (exact) mass is 198 g/mol. The molecule has 0 bridgehead atoms. The lowest BCUT2D eigenvalue weighted by Gasteiger charge is -2.08. The molecule has 0 atom stereocenters. The number of carbonyl (C=O) groups excluding carboxylic acids is 1. The van der Waals surface area contributed by atoms with Crippen LogP contribution in [-0.2, 0) is 0 Å². The van der Waals surface area contributed by atoms with Crippen molar-refractivity contribution in [3.63, 3.8) is 0 Å². The summed E-state index contributed by atoms with van der Waals surface area (Å²) in [5.41, 5.74) is 2.10. The number of aromatic nitrogens is 1. The lowest BCUT2D eigenvalue weighted by molar-refractivity contribution is -0.512. The maximum absolute atomic E-state index is 11.6. The molecule has 1 N–H and O–H groups in total. The topological polar surface area (TPSA) is 41.4 Å². The molecule has 0 unspecified atom stereocenters. The second-order valence-electron chi connectivity index (χ2n) is 3.49. The van der Waals surface area contributed by atoms with Crippen LogP contribution in [-0.4, -0.2) is 10.9 Å². The van der Waals surface area contributed by atoms with Crippen LogP contribution < -0.4 is 4.40 Å². The fourth-order valence-electron chi connectivity index (χ4n) is 1.93. The molecule has 2 heterocycles. The van der Waals surface area contributed by atoms with Gasteiger partial charge in [0.25, 0.3) is 0 Å². The van der Waals surface area contributed by atoms with Gasteiger partial charge in [0.2, 0.25) is 5.52 Å². The third-order valence-corrected chi connectivity index (χ3v) is 2.60. The van der Waals surface area contributed by atoms with Gasteiger partial charge in [0.1, 0.15) is 5.76 Å². The number of nitrogens with zero attached hydrogens (tertiary/aromatic N) is 1. The Kier molecular flexibility index (Phi) is 1.45. The van der Waals surface area contributed by atoms with Crippen LogP contribution in [0.15, 0.2) is 42.7 Å². The van der Waals surface area contributed by atoms with Gasteiger partial charge >= 0.3 is 0 Å². The van der Waals surface area contributed by atoms with E-state index in [1.807, 2.05) is 28.9 Å². The SMILES string of the molecule is O=C1C=C(O)c2ccc[n+]3cccc1c23. The molecule has 3 heteroatoms. The number of rotatable bonds is 0. The molecular formula is C12H8NO2+. The molecule has 0 aromatic carbocycles. The molecule has 3 rings (SSSR count). The van der Waals surface area contributed by atoms with E-state index in [1.54, 1.807) is 12.1 Å². The van der Waals surface area contributed by atoms with Gasteiger partial charge in [0, 0.05) is 18.2 Å². The molecule has 3 nitrogen and oxygen atoms in total. The molecule has 0 aliphatic heterocycles. The molecule has 0 spiro atoms. The summed E-state index contributed by atoms with van der Waals surface area (Å²) in [5, 5.41) is 9.67. The summed E-state index contributed by atoms with van der Waals surface area (Å²) in [6, 6.07) is 7.23. The molecule has 0 fully saturated rings. The van der Waals surface area contributed by atoms with Gasteiger partial charge in [-0.2, -0.15) is 4.40 Å². The van der Waals surface area contributed by atoms with Crippen molar-refractivity contribution in [1.29, 1.82) is 0 Å². The molecule has 1 aliphatic rings. The van der Waals surface area contributed by atoms with Crippen molar-refractivity contribution in [2.24, 2.45) is 0 Å². The van der Waals surface area contributed by atoms with Gasteiger partial charge in [-0.25, -0.2) is 0 Å². The van der Waals surface area contributed by atoms with Crippen LogP contribution in [0.5, 0.6) is 0 Å². The Balaban J connectivity index is 2.57. The van der Waals surface area contributed by atoms with E-state index in [2.05, 4.69) is 0 Å². The average molecular weight is 198 g/mol. The molecule has 15 heavy (non-hydrogen) atoms. The van der Waals surface area contributed by atoms with Crippen LogP contribution in [0.3, 0.4) is 0 Å². The van der Waals surface area contributed by atoms with Crippen LogP contribution in [0, 0.1) is 0 Å². The van der Waals surface area contributed by atoms with Crippen molar-refractivity contribution in [3.8, 4) is 0 Å². The van der Waals surface area contributed by atoms with Crippen molar-refractivity contribution < 1.29 is 14.3 Å². The first-order valence-electron chi connectivity index (χ1n) is 4.66. The third kappa shape index (κ3) is 1.00. The summed E-state index contributed by atoms with van der Waals surface area (Å²) >= 11 is 0. The van der Waals surface area contributed by atoms with Gasteiger partial charge in [-0.05, 0) is 12.1 Å². The van der Waals surface area contributed by atoms with Crippen molar-refractivity contribution in [1.82, 2.24) is 0 Å². The zero-order valence-electron chi connectivity index (χ0n) is 7.84. The van der Waals surface area contributed by atoms with Crippen LogP contribution >= 0.6 is 0 Å². The predicted molar refractivity (Wildman–Crippen MR) is 54.5 cm³/mol. The van der Waals surface area contributed by atoms with Gasteiger partial charge in [0.05, 0.1) is 11.1 Å². The zero-order valence-corrected chi connectivity index (χ0v) is 7.84. The van der Waals surface area contributed by atoms with E-state index in [-0.39, 0.29) is 11.5 Å². The fraction of sp³-hybridized carbons (Fsp3) is 0. The molecule has 1 aliphatic carbocycles. The standard InChI is InChI=1S/C12H7NO2/c14-10-7-11(15)9-4-2-6-13-5-1-3-8(10)12(9)13/h1-7H/p+1. The molecule has 0 saturated heterocycles. The van der Waals surface area contributed by atoms with Crippen LogP contribution in [0.25, 0.3) is 11.3 Å². The van der Waals surface area contributed by atoms with E-state index in [0.29, 0.717) is 11.1 Å². The van der Waals surface area contributed by atoms with Crippen LogP contribution in [0.4, 0.5) is 0 Å². The largest absolute Gasteiger partial charge is 0.507 e. The smallest absolute Gasteiger partial charge is 0.232 e. The van der Waals surface area contributed by atoms with Crippen molar-refractivity contribution in [2.75, 3.05) is 0 Å². The zero-order chi connectivity index (χ0) is 10.4. The van der Waals surface area contributed by atoms with E-state index in [4.69, 9.17) is 0 Å². The van der Waals surface area contributed by atoms with E-state index in [1.165, 1.54) is 6.08 Å². The number of carbonyl (C=O) groups is 1. The molecule has 0 saturated carbocycles. The Morgan fingerprint density at radius 2 is 1.73 bits per heavy atom. The van der Waals surface area contributed by atoms with Crippen LogP contribution in [0.1, 0.15) is 15.9 Å². The van der Waals surface area contributed by atoms with Gasteiger partial charge in [-0.1, -0.05) is 0 Å². The second-order valence-corrected chi connectivity index (χ2v) is 3.49. The van der Waals surface area contributed by atoms with Crippen LogP contribution in [0.2, 0.25) is 0 Å². The summed E-state index contributed by atoms with van der Waals surface area (Å²) < 4.78 is 1.84. The Bertz CT molecular complexity index is 609. The first-order valence-corrected chi connectivity index (χ1v) is 4.66. The average Bonchev–Trinajstić information content (AvgIpc) is 2.25. The number of aliphatic hydroxyl groups excluding tert-OH is 1. The van der Waals surface area contributed by atoms with Gasteiger partial charge in [-0.3, -0.25) is 4.79 Å². The molecule has 2 aromatic rings. The summed E-state index contributed by atoms with van der Waals surface area (Å²) in [7, 11) is 0. The molecular weight excluding hydrogens is 190 g/mol. The van der Waals surface area contributed by atoms with Crippen molar-refractivity contribution in [3.05, 3.63) is 53.9 Å². The van der Waals surface area contributed by atoms with Gasteiger partial charge < -0.3 is 5.11 Å². The second kappa shape index (κ2) is 2.67.